The molecule has 0 fully saturated rings. The maximum atomic E-state index is 6.16. The summed E-state index contributed by atoms with van der Waals surface area (Å²) in [6, 6.07) is 4.70. The Bertz CT molecular complexity index is 417. The Labute approximate surface area is 121 Å². The van der Waals surface area contributed by atoms with Crippen LogP contribution in [0.25, 0.3) is 0 Å². The Morgan fingerprint density at radius 3 is 2.89 bits per heavy atom. The highest BCUT2D eigenvalue weighted by Gasteiger charge is 2.17. The highest BCUT2D eigenvalue weighted by atomic mass is 35.5. The molecule has 3 heteroatoms. The van der Waals surface area contributed by atoms with Gasteiger partial charge in [0.2, 0.25) is 0 Å². The molecule has 0 saturated heterocycles. The van der Waals surface area contributed by atoms with Crippen molar-refractivity contribution in [3.8, 4) is 5.75 Å². The Morgan fingerprint density at radius 1 is 1.26 bits per heavy atom. The molecule has 2 rings (SSSR count). The van der Waals surface area contributed by atoms with Gasteiger partial charge in [-0.1, -0.05) is 31.9 Å². The summed E-state index contributed by atoms with van der Waals surface area (Å²) in [6.07, 6.45) is 5.77. The quantitative estimate of drug-likeness (QED) is 0.763. The number of halogens is 1. The highest BCUT2D eigenvalue weighted by Crippen LogP contribution is 2.33. The minimum atomic E-state index is 0.588. The van der Waals surface area contributed by atoms with Crippen molar-refractivity contribution in [1.82, 2.24) is 5.32 Å². The lowest BCUT2D eigenvalue weighted by atomic mass is 10.0. The van der Waals surface area contributed by atoms with Gasteiger partial charge in [-0.25, -0.2) is 0 Å². The van der Waals surface area contributed by atoms with E-state index < -0.39 is 0 Å². The monoisotopic (exact) mass is 281 g/mol. The van der Waals surface area contributed by atoms with Crippen molar-refractivity contribution in [3.05, 3.63) is 28.3 Å². The number of benzene rings is 1. The Kier molecular flexibility index (Phi) is 5.53. The molecule has 1 heterocycles. The van der Waals surface area contributed by atoms with E-state index in [0.717, 1.165) is 36.8 Å². The van der Waals surface area contributed by atoms with Crippen molar-refractivity contribution in [2.75, 3.05) is 13.2 Å². The SMILES string of the molecule is CC(C)NCCCCCc1cc(Cl)cc2c1OCC2. The van der Waals surface area contributed by atoms with Crippen LogP contribution >= 0.6 is 11.6 Å². The Hall–Kier alpha value is -0.730. The first-order valence-electron chi connectivity index (χ1n) is 7.34. The molecule has 1 aromatic rings. The van der Waals surface area contributed by atoms with Gasteiger partial charge in [0.05, 0.1) is 6.61 Å². The summed E-state index contributed by atoms with van der Waals surface area (Å²) < 4.78 is 5.72. The zero-order chi connectivity index (χ0) is 13.7. The second-order valence-electron chi connectivity index (χ2n) is 5.57. The highest BCUT2D eigenvalue weighted by molar-refractivity contribution is 6.30. The maximum Gasteiger partial charge on any atom is 0.125 e. The van der Waals surface area contributed by atoms with Crippen molar-refractivity contribution in [2.45, 2.75) is 52.0 Å². The Morgan fingerprint density at radius 2 is 2.11 bits per heavy atom. The van der Waals surface area contributed by atoms with Gasteiger partial charge >= 0.3 is 0 Å². The Balaban J connectivity index is 1.77. The molecule has 1 aliphatic rings. The van der Waals surface area contributed by atoms with E-state index >= 15 is 0 Å². The van der Waals surface area contributed by atoms with Crippen molar-refractivity contribution in [2.24, 2.45) is 0 Å². The van der Waals surface area contributed by atoms with Gasteiger partial charge in [-0.3, -0.25) is 0 Å². The van der Waals surface area contributed by atoms with Crippen LogP contribution in [0.1, 0.15) is 44.2 Å². The predicted molar refractivity (Wildman–Crippen MR) is 81.3 cm³/mol. The van der Waals surface area contributed by atoms with Crippen molar-refractivity contribution < 1.29 is 4.74 Å². The van der Waals surface area contributed by atoms with Crippen LogP contribution in [-0.4, -0.2) is 19.2 Å². The van der Waals surface area contributed by atoms with E-state index in [-0.39, 0.29) is 0 Å². The third-order valence-corrected chi connectivity index (χ3v) is 3.72. The van der Waals surface area contributed by atoms with Crippen molar-refractivity contribution >= 4 is 11.6 Å². The lowest BCUT2D eigenvalue weighted by Crippen LogP contribution is -2.23. The lowest BCUT2D eigenvalue weighted by molar-refractivity contribution is 0.353. The van der Waals surface area contributed by atoms with Gasteiger partial charge in [0.15, 0.2) is 0 Å². The zero-order valence-electron chi connectivity index (χ0n) is 12.0. The average Bonchev–Trinajstić information content (AvgIpc) is 2.80. The first-order valence-corrected chi connectivity index (χ1v) is 7.72. The molecule has 0 spiro atoms. The molecule has 0 bridgehead atoms. The fourth-order valence-corrected chi connectivity index (χ4v) is 2.80. The minimum Gasteiger partial charge on any atom is -0.493 e. The average molecular weight is 282 g/mol. The molecule has 1 aliphatic heterocycles. The smallest absolute Gasteiger partial charge is 0.125 e. The number of nitrogens with one attached hydrogen (secondary N) is 1. The van der Waals surface area contributed by atoms with Gasteiger partial charge < -0.3 is 10.1 Å². The third-order valence-electron chi connectivity index (χ3n) is 3.50. The van der Waals surface area contributed by atoms with Crippen LogP contribution in [-0.2, 0) is 12.8 Å². The van der Waals surface area contributed by atoms with E-state index in [1.807, 2.05) is 6.07 Å². The number of rotatable bonds is 7. The normalized spacial score (nSPS) is 13.7. The van der Waals surface area contributed by atoms with E-state index in [9.17, 15) is 0 Å². The summed E-state index contributed by atoms with van der Waals surface area (Å²) in [4.78, 5) is 0. The minimum absolute atomic E-state index is 0.588. The molecule has 106 valence electrons. The van der Waals surface area contributed by atoms with Crippen molar-refractivity contribution in [3.63, 3.8) is 0 Å². The molecular weight excluding hydrogens is 258 g/mol. The van der Waals surface area contributed by atoms with E-state index in [1.54, 1.807) is 0 Å². The number of ether oxygens (including phenoxy) is 1. The second-order valence-corrected chi connectivity index (χ2v) is 6.01. The van der Waals surface area contributed by atoms with Gasteiger partial charge in [-0.2, -0.15) is 0 Å². The molecule has 1 aromatic carbocycles. The van der Waals surface area contributed by atoms with Crippen LogP contribution in [0, 0.1) is 0 Å². The van der Waals surface area contributed by atoms with Gasteiger partial charge in [-0.05, 0) is 49.1 Å². The summed E-state index contributed by atoms with van der Waals surface area (Å²) in [5.74, 6) is 1.10. The molecule has 0 aliphatic carbocycles. The molecule has 0 radical (unpaired) electrons. The summed E-state index contributed by atoms with van der Waals surface area (Å²) in [5, 5.41) is 4.30. The summed E-state index contributed by atoms with van der Waals surface area (Å²) in [5.41, 5.74) is 2.57. The van der Waals surface area contributed by atoms with E-state index in [0.29, 0.717) is 6.04 Å². The molecular formula is C16H24ClNO. The molecule has 0 saturated carbocycles. The van der Waals surface area contributed by atoms with Crippen LogP contribution in [0.2, 0.25) is 5.02 Å². The van der Waals surface area contributed by atoms with E-state index in [2.05, 4.69) is 25.2 Å². The molecule has 19 heavy (non-hydrogen) atoms. The van der Waals surface area contributed by atoms with E-state index in [4.69, 9.17) is 16.3 Å². The number of fused-ring (bicyclic) bond motifs is 1. The fraction of sp³-hybridized carbons (Fsp3) is 0.625. The first-order chi connectivity index (χ1) is 9.16. The van der Waals surface area contributed by atoms with Crippen LogP contribution in [0.4, 0.5) is 0 Å². The standard InChI is InChI=1S/C16H24ClNO/c1-12(2)18-8-5-3-4-6-13-10-15(17)11-14-7-9-19-16(13)14/h10-12,18H,3-9H2,1-2H3. The van der Waals surface area contributed by atoms with Crippen molar-refractivity contribution in [1.29, 1.82) is 0 Å². The van der Waals surface area contributed by atoms with Crippen LogP contribution in [0.3, 0.4) is 0 Å². The van der Waals surface area contributed by atoms with Gasteiger partial charge in [0.25, 0.3) is 0 Å². The molecule has 0 atom stereocenters. The molecule has 0 unspecified atom stereocenters. The molecule has 1 N–H and O–H groups in total. The van der Waals surface area contributed by atoms with Gasteiger partial charge in [0.1, 0.15) is 5.75 Å². The predicted octanol–water partition coefficient (Wildman–Crippen LogP) is 3.99. The topological polar surface area (TPSA) is 21.3 Å². The molecule has 0 aromatic heterocycles. The molecule has 0 amide bonds. The lowest BCUT2D eigenvalue weighted by Gasteiger charge is -2.10. The maximum absolute atomic E-state index is 6.16. The number of hydrogen-bond donors (Lipinski definition) is 1. The van der Waals surface area contributed by atoms with E-state index in [1.165, 1.54) is 30.4 Å². The van der Waals surface area contributed by atoms with Gasteiger partial charge in [-0.15, -0.1) is 0 Å². The summed E-state index contributed by atoms with van der Waals surface area (Å²) in [6.45, 7) is 6.29. The molecule has 2 nitrogen and oxygen atoms in total. The van der Waals surface area contributed by atoms with Crippen LogP contribution in [0.5, 0.6) is 5.75 Å². The summed E-state index contributed by atoms with van der Waals surface area (Å²) in [7, 11) is 0. The fourth-order valence-electron chi connectivity index (χ4n) is 2.54. The third kappa shape index (κ3) is 4.39. The van der Waals surface area contributed by atoms with Gasteiger partial charge in [0, 0.05) is 17.5 Å². The summed E-state index contributed by atoms with van der Waals surface area (Å²) >= 11 is 6.16. The number of hydrogen-bond acceptors (Lipinski definition) is 2. The first kappa shape index (κ1) is 14.7. The van der Waals surface area contributed by atoms with Crippen LogP contribution < -0.4 is 10.1 Å². The van der Waals surface area contributed by atoms with Crippen LogP contribution in [0.15, 0.2) is 12.1 Å². The number of unbranched alkanes of at least 4 members (excludes halogenated alkanes) is 2. The largest absolute Gasteiger partial charge is 0.493 e. The second kappa shape index (κ2) is 7.16. The number of aryl methyl sites for hydroxylation is 1. The zero-order valence-corrected chi connectivity index (χ0v) is 12.7.